The van der Waals surface area contributed by atoms with Crippen LogP contribution in [0.25, 0.3) is 11.1 Å². The largest absolute Gasteiger partial charge is 0.490 e. The topological polar surface area (TPSA) is 71.5 Å². The molecule has 1 aromatic heterocycles. The molecule has 0 spiro atoms. The molecular weight excluding hydrogens is 349 g/mol. The van der Waals surface area contributed by atoms with Gasteiger partial charge >= 0.3 is 12.1 Å². The quantitative estimate of drug-likeness (QED) is 0.863. The molecule has 0 amide bonds. The molecule has 3 rings (SSSR count). The minimum atomic E-state index is -5.08. The van der Waals surface area contributed by atoms with E-state index in [1.165, 1.54) is 16.7 Å². The van der Waals surface area contributed by atoms with Crippen molar-refractivity contribution in [1.82, 2.24) is 10.3 Å². The van der Waals surface area contributed by atoms with Gasteiger partial charge in [0.2, 0.25) is 0 Å². The number of fused-ring (bicyclic) bond motifs is 1. The average Bonchev–Trinajstić information content (AvgIpc) is 3.01. The van der Waals surface area contributed by atoms with Gasteiger partial charge in [0.05, 0.1) is 12.3 Å². The lowest BCUT2D eigenvalue weighted by Gasteiger charge is -2.11. The summed E-state index contributed by atoms with van der Waals surface area (Å²) in [5.74, 6) is -1.93. The molecule has 2 aromatic rings. The number of hydrogen-bond acceptors (Lipinski definition) is 4. The third-order valence-electron chi connectivity index (χ3n) is 3.50. The number of halogens is 3. The Bertz CT molecular complexity index is 777. The van der Waals surface area contributed by atoms with Gasteiger partial charge in [-0.1, -0.05) is 12.1 Å². The highest BCUT2D eigenvalue weighted by molar-refractivity contribution is 5.73. The smallest absolute Gasteiger partial charge is 0.489 e. The standard InChI is InChI=1S/C16H18N2O.C2HF3O2/c1-11(2)19-16-6-15(9-18-10-16)12-3-4-13-7-17-8-14(13)5-12;3-2(4,5)1(6)7/h3-6,9-11,17H,7-8H2,1-2H3;(H,6,7). The molecule has 0 aliphatic carbocycles. The van der Waals surface area contributed by atoms with Crippen molar-refractivity contribution in [3.05, 3.63) is 47.8 Å². The molecule has 1 aliphatic heterocycles. The molecule has 0 saturated carbocycles. The van der Waals surface area contributed by atoms with Crippen LogP contribution in [0.2, 0.25) is 0 Å². The van der Waals surface area contributed by atoms with E-state index in [9.17, 15) is 13.2 Å². The Morgan fingerprint density at radius 1 is 1.15 bits per heavy atom. The monoisotopic (exact) mass is 368 g/mol. The summed E-state index contributed by atoms with van der Waals surface area (Å²) in [6.45, 7) is 5.98. The van der Waals surface area contributed by atoms with E-state index in [0.717, 1.165) is 24.4 Å². The lowest BCUT2D eigenvalue weighted by molar-refractivity contribution is -0.192. The van der Waals surface area contributed by atoms with Crippen molar-refractivity contribution in [2.24, 2.45) is 0 Å². The SMILES string of the molecule is CC(C)Oc1cncc(-c2ccc3c(c2)CNC3)c1.O=C(O)C(F)(F)F. The van der Waals surface area contributed by atoms with Crippen LogP contribution >= 0.6 is 0 Å². The Kier molecular flexibility index (Phi) is 6.20. The number of hydrogen-bond donors (Lipinski definition) is 2. The summed E-state index contributed by atoms with van der Waals surface area (Å²) in [6.07, 6.45) is -1.27. The zero-order valence-corrected chi connectivity index (χ0v) is 14.3. The Morgan fingerprint density at radius 3 is 2.42 bits per heavy atom. The van der Waals surface area contributed by atoms with Gasteiger partial charge in [0.15, 0.2) is 0 Å². The predicted octanol–water partition coefficient (Wildman–Crippen LogP) is 3.77. The molecule has 140 valence electrons. The van der Waals surface area contributed by atoms with E-state index in [1.807, 2.05) is 20.0 Å². The zero-order valence-electron chi connectivity index (χ0n) is 14.3. The molecule has 0 fully saturated rings. The molecule has 1 aromatic carbocycles. The maximum Gasteiger partial charge on any atom is 0.490 e. The number of aromatic nitrogens is 1. The minimum absolute atomic E-state index is 0.168. The van der Waals surface area contributed by atoms with E-state index in [4.69, 9.17) is 14.6 Å². The van der Waals surface area contributed by atoms with Gasteiger partial charge in [0, 0.05) is 24.8 Å². The van der Waals surface area contributed by atoms with Crippen LogP contribution in [0, 0.1) is 0 Å². The summed E-state index contributed by atoms with van der Waals surface area (Å²) in [5.41, 5.74) is 5.08. The van der Waals surface area contributed by atoms with Crippen LogP contribution in [0.5, 0.6) is 5.75 Å². The van der Waals surface area contributed by atoms with Gasteiger partial charge < -0.3 is 15.2 Å². The van der Waals surface area contributed by atoms with Crippen LogP contribution in [0.4, 0.5) is 13.2 Å². The average molecular weight is 368 g/mol. The number of carbonyl (C=O) groups is 1. The third-order valence-corrected chi connectivity index (χ3v) is 3.50. The van der Waals surface area contributed by atoms with Crippen molar-refractivity contribution >= 4 is 5.97 Å². The normalized spacial score (nSPS) is 13.0. The number of pyridine rings is 1. The van der Waals surface area contributed by atoms with Crippen molar-refractivity contribution < 1.29 is 27.8 Å². The van der Waals surface area contributed by atoms with E-state index < -0.39 is 12.1 Å². The van der Waals surface area contributed by atoms with Crippen LogP contribution in [-0.4, -0.2) is 28.3 Å². The van der Waals surface area contributed by atoms with E-state index >= 15 is 0 Å². The summed E-state index contributed by atoms with van der Waals surface area (Å²) >= 11 is 0. The first kappa shape index (κ1) is 19.7. The molecule has 2 N–H and O–H groups in total. The lowest BCUT2D eigenvalue weighted by Crippen LogP contribution is -2.21. The Morgan fingerprint density at radius 2 is 1.81 bits per heavy atom. The maximum absolute atomic E-state index is 10.6. The molecule has 0 radical (unpaired) electrons. The number of carboxylic acid groups (broad SMARTS) is 1. The molecule has 5 nitrogen and oxygen atoms in total. The molecule has 8 heteroatoms. The molecule has 1 aliphatic rings. The van der Waals surface area contributed by atoms with Crippen molar-refractivity contribution in [2.75, 3.05) is 0 Å². The predicted molar refractivity (Wildman–Crippen MR) is 89.7 cm³/mol. The van der Waals surface area contributed by atoms with Gasteiger partial charge in [0.25, 0.3) is 0 Å². The van der Waals surface area contributed by atoms with E-state index in [2.05, 4.69) is 34.6 Å². The summed E-state index contributed by atoms with van der Waals surface area (Å²) in [7, 11) is 0. The second-order valence-electron chi connectivity index (χ2n) is 5.97. The first-order chi connectivity index (χ1) is 12.2. The molecule has 0 saturated heterocycles. The zero-order chi connectivity index (χ0) is 19.3. The van der Waals surface area contributed by atoms with Gasteiger partial charge in [-0.15, -0.1) is 0 Å². The fraction of sp³-hybridized carbons (Fsp3) is 0.333. The summed E-state index contributed by atoms with van der Waals surface area (Å²) in [4.78, 5) is 13.2. The molecular formula is C18H19F3N2O3. The number of carboxylic acids is 1. The third kappa shape index (κ3) is 5.45. The minimum Gasteiger partial charge on any atom is -0.489 e. The van der Waals surface area contributed by atoms with Gasteiger partial charge in [-0.2, -0.15) is 13.2 Å². The van der Waals surface area contributed by atoms with E-state index in [1.54, 1.807) is 6.20 Å². The summed E-state index contributed by atoms with van der Waals surface area (Å²) in [5, 5.41) is 10.5. The van der Waals surface area contributed by atoms with Crippen molar-refractivity contribution in [1.29, 1.82) is 0 Å². The number of ether oxygens (including phenoxy) is 1. The second-order valence-corrected chi connectivity index (χ2v) is 5.97. The van der Waals surface area contributed by atoms with Crippen LogP contribution in [0.15, 0.2) is 36.7 Å². The van der Waals surface area contributed by atoms with E-state index in [0.29, 0.717) is 0 Å². The summed E-state index contributed by atoms with van der Waals surface area (Å²) in [6, 6.07) is 8.64. The van der Waals surface area contributed by atoms with Crippen molar-refractivity contribution in [3.63, 3.8) is 0 Å². The summed E-state index contributed by atoms with van der Waals surface area (Å²) < 4.78 is 37.4. The van der Waals surface area contributed by atoms with Crippen LogP contribution in [0.3, 0.4) is 0 Å². The fourth-order valence-corrected chi connectivity index (χ4v) is 2.39. The second kappa shape index (κ2) is 8.18. The molecule has 0 atom stereocenters. The van der Waals surface area contributed by atoms with E-state index in [-0.39, 0.29) is 6.10 Å². The number of benzene rings is 1. The maximum atomic E-state index is 10.6. The van der Waals surface area contributed by atoms with Crippen molar-refractivity contribution in [3.8, 4) is 16.9 Å². The van der Waals surface area contributed by atoms with Gasteiger partial charge in [0.1, 0.15) is 5.75 Å². The number of rotatable bonds is 3. The molecule has 0 unspecified atom stereocenters. The van der Waals surface area contributed by atoms with Gasteiger partial charge in [-0.05, 0) is 42.7 Å². The molecule has 26 heavy (non-hydrogen) atoms. The Labute approximate surface area is 148 Å². The molecule has 2 heterocycles. The number of alkyl halides is 3. The van der Waals surface area contributed by atoms with Gasteiger partial charge in [-0.25, -0.2) is 4.79 Å². The lowest BCUT2D eigenvalue weighted by atomic mass is 10.0. The number of nitrogens with one attached hydrogen (secondary N) is 1. The number of aliphatic carboxylic acids is 1. The molecule has 0 bridgehead atoms. The van der Waals surface area contributed by atoms with Crippen molar-refractivity contribution in [2.45, 2.75) is 39.2 Å². The van der Waals surface area contributed by atoms with Gasteiger partial charge in [-0.3, -0.25) is 4.98 Å². The Hall–Kier alpha value is -2.61. The highest BCUT2D eigenvalue weighted by Crippen LogP contribution is 2.27. The Balaban J connectivity index is 0.000000298. The first-order valence-electron chi connectivity index (χ1n) is 7.91. The number of nitrogens with zero attached hydrogens (tertiary/aromatic N) is 1. The van der Waals surface area contributed by atoms with Crippen LogP contribution in [0.1, 0.15) is 25.0 Å². The highest BCUT2D eigenvalue weighted by Gasteiger charge is 2.38. The van der Waals surface area contributed by atoms with Crippen LogP contribution in [-0.2, 0) is 17.9 Å². The first-order valence-corrected chi connectivity index (χ1v) is 7.91. The fourth-order valence-electron chi connectivity index (χ4n) is 2.39. The highest BCUT2D eigenvalue weighted by atomic mass is 19.4. The van der Waals surface area contributed by atoms with Crippen LogP contribution < -0.4 is 10.1 Å².